The summed E-state index contributed by atoms with van der Waals surface area (Å²) in [6, 6.07) is 1.61. The van der Waals surface area contributed by atoms with Crippen molar-refractivity contribution < 1.29 is 40.3 Å². The monoisotopic (exact) mass is 664 g/mol. The number of carbonyl (C=O) groups excluding carboxylic acids is 2. The summed E-state index contributed by atoms with van der Waals surface area (Å²) in [4.78, 5) is 32.5. The number of hydrogen-bond donors (Lipinski definition) is 1. The lowest BCUT2D eigenvalue weighted by Crippen LogP contribution is -2.52. The summed E-state index contributed by atoms with van der Waals surface area (Å²) in [5.41, 5.74) is -2.81. The van der Waals surface area contributed by atoms with Crippen molar-refractivity contribution in [3.63, 3.8) is 0 Å². The molecule has 4 aliphatic rings. The molecule has 0 radical (unpaired) electrons. The molecule has 9 nitrogen and oxygen atoms in total. The minimum atomic E-state index is -4.84. The van der Waals surface area contributed by atoms with Crippen LogP contribution in [0.25, 0.3) is 0 Å². The van der Waals surface area contributed by atoms with Crippen LogP contribution < -0.4 is 5.32 Å². The van der Waals surface area contributed by atoms with E-state index in [0.29, 0.717) is 19.8 Å². The van der Waals surface area contributed by atoms with E-state index in [0.717, 1.165) is 23.1 Å². The number of allylic oxidation sites excluding steroid dienone is 2. The van der Waals surface area contributed by atoms with Gasteiger partial charge in [0.05, 0.1) is 27.5 Å². The predicted molar refractivity (Wildman–Crippen MR) is 146 cm³/mol. The Morgan fingerprint density at radius 3 is 2.49 bits per heavy atom. The van der Waals surface area contributed by atoms with E-state index >= 15 is 0 Å². The van der Waals surface area contributed by atoms with E-state index in [-0.39, 0.29) is 23.6 Å². The fraction of sp³-hybridized carbons (Fsp3) is 0.556. The van der Waals surface area contributed by atoms with Gasteiger partial charge in [0.1, 0.15) is 22.6 Å². The van der Waals surface area contributed by atoms with Crippen LogP contribution in [0.3, 0.4) is 0 Å². The molecule has 2 amide bonds. The van der Waals surface area contributed by atoms with Crippen molar-refractivity contribution in [3.8, 4) is 6.07 Å². The number of rotatable bonds is 8. The lowest BCUT2D eigenvalue weighted by molar-refractivity contribution is -0.227. The lowest BCUT2D eigenvalue weighted by Gasteiger charge is -2.36. The first-order valence-electron chi connectivity index (χ1n) is 13.4. The number of amides is 2. The molecular weight excluding hydrogens is 639 g/mol. The number of hydrogen-bond acceptors (Lipinski definition) is 7. The topological polar surface area (TPSA) is 129 Å². The van der Waals surface area contributed by atoms with Gasteiger partial charge in [0.2, 0.25) is 11.8 Å². The molecule has 232 valence electrons. The smallest absolute Gasteiger partial charge is 0.342 e. The number of nitrogens with zero attached hydrogens (tertiary/aromatic N) is 3. The summed E-state index contributed by atoms with van der Waals surface area (Å²) < 4.78 is 88.0. The van der Waals surface area contributed by atoms with Crippen LogP contribution in [0.2, 0.25) is 5.02 Å². The summed E-state index contributed by atoms with van der Waals surface area (Å²) in [5.74, 6) is -2.35. The second-order valence-electron chi connectivity index (χ2n) is 11.3. The molecule has 2 heterocycles. The van der Waals surface area contributed by atoms with Gasteiger partial charge in [0.25, 0.3) is 0 Å². The van der Waals surface area contributed by atoms with E-state index in [1.807, 2.05) is 6.07 Å². The van der Waals surface area contributed by atoms with Crippen LogP contribution in [0.15, 0.2) is 36.6 Å². The zero-order valence-electron chi connectivity index (χ0n) is 22.6. The standard InChI is InChI=1S/C27H26Cl2F4N4O5S/c1-15(27(31,32)33)42-26(29)5-3-2-4-20(26)43(40,41)17-11-19(22(38)36-24(14-34)6-7-24)37(13-17)23(39)25(8-9-25)21-18(30)10-16(28)12-35-21/h2-5,10,12,15,17,19-20H,6-9,11,13H2,1H3,(H,36,38)/t15-,17+,19-,20?,26?/m0/s1. The van der Waals surface area contributed by atoms with Gasteiger partial charge in [-0.05, 0) is 51.2 Å². The first-order valence-corrected chi connectivity index (χ1v) is 15.7. The highest BCUT2D eigenvalue weighted by Gasteiger charge is 2.61. The molecule has 2 saturated carbocycles. The van der Waals surface area contributed by atoms with Crippen molar-refractivity contribution in [2.75, 3.05) is 6.54 Å². The van der Waals surface area contributed by atoms with Gasteiger partial charge >= 0.3 is 6.18 Å². The zero-order valence-corrected chi connectivity index (χ0v) is 24.9. The van der Waals surface area contributed by atoms with Crippen LogP contribution in [0.1, 0.15) is 44.7 Å². The molecule has 0 spiro atoms. The Balaban J connectivity index is 1.47. The molecular formula is C27H26Cl2F4N4O5S. The maximum Gasteiger partial charge on any atom is 0.414 e. The lowest BCUT2D eigenvalue weighted by atomic mass is 9.98. The van der Waals surface area contributed by atoms with Crippen molar-refractivity contribution in [2.45, 2.75) is 83.9 Å². The van der Waals surface area contributed by atoms with Gasteiger partial charge in [-0.25, -0.2) is 12.8 Å². The van der Waals surface area contributed by atoms with Gasteiger partial charge in [0, 0.05) is 12.7 Å². The number of carbonyl (C=O) groups is 2. The number of nitrogens with one attached hydrogen (secondary N) is 1. The molecule has 1 N–H and O–H groups in total. The van der Waals surface area contributed by atoms with Crippen molar-refractivity contribution in [1.82, 2.24) is 15.2 Å². The van der Waals surface area contributed by atoms with Crippen LogP contribution in [0.5, 0.6) is 0 Å². The number of pyridine rings is 1. The number of nitriles is 1. The Kier molecular flexibility index (Phi) is 7.89. The molecule has 0 aromatic carbocycles. The number of aromatic nitrogens is 1. The first-order chi connectivity index (χ1) is 20.0. The second kappa shape index (κ2) is 10.7. The molecule has 3 fully saturated rings. The van der Waals surface area contributed by atoms with Crippen LogP contribution in [0.4, 0.5) is 17.6 Å². The summed E-state index contributed by atoms with van der Waals surface area (Å²) in [7, 11) is -4.54. The fourth-order valence-electron chi connectivity index (χ4n) is 5.50. The zero-order chi connectivity index (χ0) is 31.6. The Bertz CT molecular complexity index is 1550. The molecule has 1 aliphatic heterocycles. The number of ether oxygens (including phenoxy) is 1. The number of halogens is 6. The normalized spacial score (nSPS) is 29.5. The number of likely N-dealkylation sites (tertiary alicyclic amines) is 1. The molecule has 2 unspecified atom stereocenters. The van der Waals surface area contributed by atoms with Crippen molar-refractivity contribution in [2.24, 2.45) is 0 Å². The number of alkyl halides is 4. The van der Waals surface area contributed by atoms with Gasteiger partial charge in [-0.3, -0.25) is 14.6 Å². The van der Waals surface area contributed by atoms with Gasteiger partial charge in [-0.1, -0.05) is 41.4 Å². The largest absolute Gasteiger partial charge is 0.414 e. The van der Waals surface area contributed by atoms with Gasteiger partial charge in [-0.2, -0.15) is 18.4 Å². The second-order valence-corrected chi connectivity index (χ2v) is 14.7. The summed E-state index contributed by atoms with van der Waals surface area (Å²) in [5, 5.41) is 6.36. The highest BCUT2D eigenvalue weighted by molar-refractivity contribution is 7.93. The van der Waals surface area contributed by atoms with Gasteiger partial charge < -0.3 is 15.0 Å². The van der Waals surface area contributed by atoms with E-state index < -0.39 is 85.3 Å². The summed E-state index contributed by atoms with van der Waals surface area (Å²) in [6.07, 6.45) is -0.812. The molecule has 3 aliphatic carbocycles. The van der Waals surface area contributed by atoms with Gasteiger partial charge in [0.15, 0.2) is 21.0 Å². The number of sulfone groups is 1. The third-order valence-electron chi connectivity index (χ3n) is 8.32. The predicted octanol–water partition coefficient (Wildman–Crippen LogP) is 3.86. The Morgan fingerprint density at radius 2 is 1.93 bits per heavy atom. The third-order valence-corrected chi connectivity index (χ3v) is 11.6. The van der Waals surface area contributed by atoms with E-state index in [4.69, 9.17) is 27.9 Å². The molecule has 43 heavy (non-hydrogen) atoms. The van der Waals surface area contributed by atoms with E-state index in [9.17, 15) is 40.8 Å². The third kappa shape index (κ3) is 5.77. The molecule has 5 atom stereocenters. The van der Waals surface area contributed by atoms with Crippen LogP contribution in [0, 0.1) is 17.1 Å². The van der Waals surface area contributed by atoms with E-state index in [1.165, 1.54) is 18.3 Å². The molecule has 5 rings (SSSR count). The quantitative estimate of drug-likeness (QED) is 0.330. The Labute approximate surface area is 254 Å². The van der Waals surface area contributed by atoms with E-state index in [1.54, 1.807) is 0 Å². The van der Waals surface area contributed by atoms with Crippen LogP contribution >= 0.6 is 23.2 Å². The molecule has 1 aromatic heterocycles. The minimum absolute atomic E-state index is 0.00141. The van der Waals surface area contributed by atoms with Gasteiger partial charge in [-0.15, -0.1) is 0 Å². The SMILES string of the molecule is C[C@H](OC1(Cl)C=CC=CC1S(=O)(=O)[C@@H]1C[C@@H](C(=O)NC2(C#N)CC2)N(C(=O)C2(c3ncc(Cl)cc3F)CC2)C1)C(F)(F)F. The maximum absolute atomic E-state index is 14.9. The van der Waals surface area contributed by atoms with Crippen LogP contribution in [-0.4, -0.2) is 76.1 Å². The van der Waals surface area contributed by atoms with Crippen LogP contribution in [-0.2, 0) is 29.6 Å². The Morgan fingerprint density at radius 1 is 1.26 bits per heavy atom. The molecule has 0 bridgehead atoms. The maximum atomic E-state index is 14.9. The van der Waals surface area contributed by atoms with Crippen molar-refractivity contribution in [3.05, 3.63) is 53.1 Å². The molecule has 1 saturated heterocycles. The molecule has 16 heteroatoms. The highest BCUT2D eigenvalue weighted by Crippen LogP contribution is 2.51. The van der Waals surface area contributed by atoms with Crippen molar-refractivity contribution in [1.29, 1.82) is 5.26 Å². The fourth-order valence-corrected chi connectivity index (χ4v) is 8.42. The molecule has 1 aromatic rings. The van der Waals surface area contributed by atoms with E-state index in [2.05, 4.69) is 10.3 Å². The first kappa shape index (κ1) is 31.7. The summed E-state index contributed by atoms with van der Waals surface area (Å²) >= 11 is 12.2. The average molecular weight is 665 g/mol. The average Bonchev–Trinajstić information content (AvgIpc) is 3.84. The highest BCUT2D eigenvalue weighted by atomic mass is 35.5. The van der Waals surface area contributed by atoms with Crippen molar-refractivity contribution >= 4 is 44.9 Å². The Hall–Kier alpha value is -2.73. The minimum Gasteiger partial charge on any atom is -0.342 e. The summed E-state index contributed by atoms with van der Waals surface area (Å²) in [6.45, 7) is 0.157.